The molecule has 1 aliphatic heterocycles. The number of fused-ring (bicyclic) bond motifs is 1. The Balaban J connectivity index is 1.34. The number of halogens is 1. The third-order valence-corrected chi connectivity index (χ3v) is 6.04. The largest absolute Gasteiger partial charge is 0.449 e. The van der Waals surface area contributed by atoms with E-state index in [1.54, 1.807) is 17.0 Å². The third-order valence-electron chi connectivity index (χ3n) is 6.04. The topological polar surface area (TPSA) is 65.8 Å². The number of carbonyl (C=O) groups is 2. The van der Waals surface area contributed by atoms with Crippen molar-refractivity contribution in [2.24, 2.45) is 0 Å². The van der Waals surface area contributed by atoms with Crippen LogP contribution in [-0.4, -0.2) is 47.8 Å². The molecule has 0 atom stereocenters. The molecule has 0 aliphatic carbocycles. The van der Waals surface area contributed by atoms with Crippen LogP contribution < -0.4 is 5.32 Å². The fourth-order valence-electron chi connectivity index (χ4n) is 4.20. The summed E-state index contributed by atoms with van der Waals surface area (Å²) in [4.78, 5) is 30.3. The van der Waals surface area contributed by atoms with E-state index in [-0.39, 0.29) is 11.7 Å². The van der Waals surface area contributed by atoms with Crippen LogP contribution in [0.15, 0.2) is 83.3 Å². The number of hydrogen-bond donors (Lipinski definition) is 1. The summed E-state index contributed by atoms with van der Waals surface area (Å²) in [6.07, 6.45) is 0. The van der Waals surface area contributed by atoms with Crippen LogP contribution >= 0.6 is 0 Å². The lowest BCUT2D eigenvalue weighted by Crippen LogP contribution is -2.48. The molecule has 1 saturated heterocycles. The molecule has 7 heteroatoms. The van der Waals surface area contributed by atoms with Crippen molar-refractivity contribution in [2.45, 2.75) is 6.54 Å². The predicted octanol–water partition coefficient (Wildman–Crippen LogP) is 4.78. The maximum Gasteiger partial charge on any atom is 0.291 e. The molecule has 2 amide bonds. The summed E-state index contributed by atoms with van der Waals surface area (Å²) >= 11 is 0. The van der Waals surface area contributed by atoms with Crippen molar-refractivity contribution in [2.75, 3.05) is 31.5 Å². The molecule has 0 saturated carbocycles. The number of benzene rings is 3. The first-order valence-electron chi connectivity index (χ1n) is 11.2. The van der Waals surface area contributed by atoms with Gasteiger partial charge in [-0.15, -0.1) is 0 Å². The first kappa shape index (κ1) is 21.9. The van der Waals surface area contributed by atoms with Crippen molar-refractivity contribution in [3.63, 3.8) is 0 Å². The number of rotatable bonds is 5. The van der Waals surface area contributed by atoms with Crippen LogP contribution in [0.25, 0.3) is 11.0 Å². The Morgan fingerprint density at radius 1 is 0.853 bits per heavy atom. The van der Waals surface area contributed by atoms with Crippen molar-refractivity contribution in [1.29, 1.82) is 0 Å². The van der Waals surface area contributed by atoms with Crippen molar-refractivity contribution in [3.05, 3.63) is 102 Å². The normalized spacial score (nSPS) is 14.3. The number of anilines is 1. The van der Waals surface area contributed by atoms with Gasteiger partial charge in [0.15, 0.2) is 0 Å². The van der Waals surface area contributed by atoms with Gasteiger partial charge in [-0.1, -0.05) is 42.5 Å². The zero-order valence-corrected chi connectivity index (χ0v) is 18.5. The molecule has 1 aliphatic rings. The number of furan rings is 1. The number of nitrogens with one attached hydrogen (secondary N) is 1. The van der Waals surface area contributed by atoms with Gasteiger partial charge in [-0.05, 0) is 42.0 Å². The zero-order chi connectivity index (χ0) is 23.5. The number of carbonyl (C=O) groups excluding carboxylic acids is 2. The molecule has 34 heavy (non-hydrogen) atoms. The Morgan fingerprint density at radius 3 is 2.26 bits per heavy atom. The van der Waals surface area contributed by atoms with Gasteiger partial charge < -0.3 is 14.6 Å². The summed E-state index contributed by atoms with van der Waals surface area (Å²) in [7, 11) is 0. The van der Waals surface area contributed by atoms with E-state index in [0.717, 1.165) is 19.6 Å². The molecule has 1 fully saturated rings. The second-order valence-electron chi connectivity index (χ2n) is 8.32. The maximum absolute atomic E-state index is 13.4. The second-order valence-corrected chi connectivity index (χ2v) is 8.32. The van der Waals surface area contributed by atoms with Crippen LogP contribution in [0.3, 0.4) is 0 Å². The molecule has 0 bridgehead atoms. The third kappa shape index (κ3) is 4.56. The number of hydrogen-bond acceptors (Lipinski definition) is 4. The van der Waals surface area contributed by atoms with Gasteiger partial charge in [0.05, 0.1) is 0 Å². The van der Waals surface area contributed by atoms with E-state index in [2.05, 4.69) is 22.3 Å². The quantitative estimate of drug-likeness (QED) is 0.468. The minimum atomic E-state index is -0.437. The van der Waals surface area contributed by atoms with Crippen molar-refractivity contribution in [1.82, 2.24) is 9.80 Å². The summed E-state index contributed by atoms with van der Waals surface area (Å²) in [5.41, 5.74) is 2.38. The number of nitrogens with zero attached hydrogens (tertiary/aromatic N) is 2. The highest BCUT2D eigenvalue weighted by molar-refractivity contribution is 6.14. The first-order chi connectivity index (χ1) is 16.6. The Hall–Kier alpha value is -3.97. The average molecular weight is 458 g/mol. The molecular formula is C27H24FN3O3. The van der Waals surface area contributed by atoms with E-state index in [0.29, 0.717) is 35.3 Å². The Morgan fingerprint density at radius 2 is 1.53 bits per heavy atom. The molecule has 4 aromatic rings. The van der Waals surface area contributed by atoms with Gasteiger partial charge in [0.2, 0.25) is 5.76 Å². The summed E-state index contributed by atoms with van der Waals surface area (Å²) in [5, 5.41) is 3.46. The average Bonchev–Trinajstić information content (AvgIpc) is 3.23. The van der Waals surface area contributed by atoms with E-state index < -0.39 is 11.7 Å². The Bertz CT molecular complexity index is 1310. The van der Waals surface area contributed by atoms with Crippen LogP contribution in [0.1, 0.15) is 26.5 Å². The molecule has 6 nitrogen and oxygen atoms in total. The Kier molecular flexibility index (Phi) is 6.10. The molecule has 172 valence electrons. The lowest BCUT2D eigenvalue weighted by molar-refractivity contribution is 0.0601. The molecule has 2 heterocycles. The lowest BCUT2D eigenvalue weighted by Gasteiger charge is -2.34. The van der Waals surface area contributed by atoms with E-state index in [9.17, 15) is 14.0 Å². The monoisotopic (exact) mass is 457 g/mol. The van der Waals surface area contributed by atoms with Gasteiger partial charge in [0.25, 0.3) is 11.8 Å². The summed E-state index contributed by atoms with van der Waals surface area (Å²) < 4.78 is 19.2. The first-order valence-corrected chi connectivity index (χ1v) is 11.2. The molecule has 1 aromatic heterocycles. The minimum Gasteiger partial charge on any atom is -0.449 e. The van der Waals surface area contributed by atoms with E-state index in [4.69, 9.17) is 4.42 Å². The number of piperazine rings is 1. The second kappa shape index (κ2) is 9.49. The maximum atomic E-state index is 13.4. The van der Waals surface area contributed by atoms with Crippen molar-refractivity contribution in [3.8, 4) is 0 Å². The summed E-state index contributed by atoms with van der Waals surface area (Å²) in [6, 6.07) is 22.7. The molecule has 1 N–H and O–H groups in total. The molecule has 0 radical (unpaired) electrons. The van der Waals surface area contributed by atoms with Gasteiger partial charge in [0.1, 0.15) is 17.1 Å². The molecular weight excluding hydrogens is 433 g/mol. The highest BCUT2D eigenvalue weighted by Crippen LogP contribution is 2.32. The standard InChI is InChI=1S/C27H24FN3O3/c28-21-12-10-20(11-13-21)26(32)29-24-22-8-4-5-9-23(22)34-25(24)27(33)31-16-14-30(15-17-31)18-19-6-2-1-3-7-19/h1-13H,14-18H2,(H,29,32). The Labute approximate surface area is 196 Å². The van der Waals surface area contributed by atoms with Gasteiger partial charge in [-0.3, -0.25) is 14.5 Å². The van der Waals surface area contributed by atoms with Crippen LogP contribution in [-0.2, 0) is 6.54 Å². The van der Waals surface area contributed by atoms with Gasteiger partial charge in [0, 0.05) is 43.7 Å². The van der Waals surface area contributed by atoms with Gasteiger partial charge >= 0.3 is 0 Å². The SMILES string of the molecule is O=C(Nc1c(C(=O)N2CCN(Cc3ccccc3)CC2)oc2ccccc12)c1ccc(F)cc1. The van der Waals surface area contributed by atoms with E-state index >= 15 is 0 Å². The van der Waals surface area contributed by atoms with E-state index in [1.165, 1.54) is 29.8 Å². The highest BCUT2D eigenvalue weighted by atomic mass is 19.1. The molecule has 3 aromatic carbocycles. The van der Waals surface area contributed by atoms with E-state index in [1.807, 2.05) is 30.3 Å². The fraction of sp³-hybridized carbons (Fsp3) is 0.185. The molecule has 0 spiro atoms. The van der Waals surface area contributed by atoms with Crippen LogP contribution in [0.5, 0.6) is 0 Å². The van der Waals surface area contributed by atoms with Crippen molar-refractivity contribution < 1.29 is 18.4 Å². The fourth-order valence-corrected chi connectivity index (χ4v) is 4.20. The smallest absolute Gasteiger partial charge is 0.291 e. The van der Waals surface area contributed by atoms with Crippen LogP contribution in [0.2, 0.25) is 0 Å². The highest BCUT2D eigenvalue weighted by Gasteiger charge is 2.29. The van der Waals surface area contributed by atoms with Gasteiger partial charge in [-0.25, -0.2) is 4.39 Å². The van der Waals surface area contributed by atoms with Crippen LogP contribution in [0.4, 0.5) is 10.1 Å². The number of para-hydroxylation sites is 1. The lowest BCUT2D eigenvalue weighted by atomic mass is 10.1. The molecule has 5 rings (SSSR count). The summed E-state index contributed by atoms with van der Waals surface area (Å²) in [5.74, 6) is -1.01. The molecule has 0 unspecified atom stereocenters. The summed E-state index contributed by atoms with van der Waals surface area (Å²) in [6.45, 7) is 3.46. The zero-order valence-electron chi connectivity index (χ0n) is 18.5. The number of amides is 2. The van der Waals surface area contributed by atoms with Gasteiger partial charge in [-0.2, -0.15) is 0 Å². The minimum absolute atomic E-state index is 0.105. The van der Waals surface area contributed by atoms with Crippen LogP contribution in [0, 0.1) is 5.82 Å². The van der Waals surface area contributed by atoms with Crippen molar-refractivity contribution >= 4 is 28.5 Å². The predicted molar refractivity (Wildman–Crippen MR) is 128 cm³/mol.